The average molecular weight is 326 g/mol. The molecule has 0 unspecified atom stereocenters. The van der Waals surface area contributed by atoms with Crippen molar-refractivity contribution in [1.82, 2.24) is 9.97 Å². The second kappa shape index (κ2) is 6.09. The van der Waals surface area contributed by atoms with Gasteiger partial charge in [0.15, 0.2) is 0 Å². The number of nitrogens with zero attached hydrogens (tertiary/aromatic N) is 4. The monoisotopic (exact) mass is 326 g/mol. The zero-order valence-electron chi connectivity index (χ0n) is 13.6. The lowest BCUT2D eigenvalue weighted by molar-refractivity contribution is 0.699. The Balaban J connectivity index is 1.87. The lowest BCUT2D eigenvalue weighted by atomic mass is 9.97. The van der Waals surface area contributed by atoms with E-state index in [0.29, 0.717) is 12.3 Å². The van der Waals surface area contributed by atoms with E-state index in [1.807, 2.05) is 11.3 Å². The zero-order chi connectivity index (χ0) is 15.8. The molecule has 0 saturated heterocycles. The summed E-state index contributed by atoms with van der Waals surface area (Å²) in [5.41, 5.74) is 1.49. The first-order valence-corrected chi connectivity index (χ1v) is 9.57. The van der Waals surface area contributed by atoms with Crippen molar-refractivity contribution in [3.63, 3.8) is 0 Å². The highest BCUT2D eigenvalue weighted by Gasteiger charge is 2.30. The molecule has 2 aliphatic carbocycles. The third-order valence-electron chi connectivity index (χ3n) is 4.93. The number of aromatic nitrogens is 2. The predicted octanol–water partition coefficient (Wildman–Crippen LogP) is 4.19. The molecule has 0 aromatic carbocycles. The largest absolute Gasteiger partial charge is 0.355 e. The third kappa shape index (κ3) is 2.70. The summed E-state index contributed by atoms with van der Waals surface area (Å²) in [4.78, 5) is 14.9. The molecule has 0 radical (unpaired) electrons. The van der Waals surface area contributed by atoms with Crippen molar-refractivity contribution >= 4 is 27.4 Å². The molecule has 0 aliphatic heterocycles. The molecule has 120 valence electrons. The molecule has 1 saturated carbocycles. The minimum Gasteiger partial charge on any atom is -0.355 e. The smallest absolute Gasteiger partial charge is 0.141 e. The average Bonchev–Trinajstić information content (AvgIpc) is 3.36. The van der Waals surface area contributed by atoms with Crippen LogP contribution in [0.5, 0.6) is 0 Å². The van der Waals surface area contributed by atoms with E-state index in [1.165, 1.54) is 52.8 Å². The van der Waals surface area contributed by atoms with E-state index in [2.05, 4.69) is 17.9 Å². The summed E-state index contributed by atoms with van der Waals surface area (Å²) in [7, 11) is 0. The Labute approximate surface area is 141 Å². The van der Waals surface area contributed by atoms with Gasteiger partial charge in [-0.2, -0.15) is 5.26 Å². The summed E-state index contributed by atoms with van der Waals surface area (Å²) in [6, 6.07) is 2.27. The summed E-state index contributed by atoms with van der Waals surface area (Å²) in [6.07, 6.45) is 7.91. The standard InChI is InChI=1S/C18H22N4S/c1-2-22(11-5-10-19)17-15-13-6-3-4-7-14(13)23-18(15)21-16(20-17)12-8-9-12/h12H,2-9,11H2,1H3. The molecule has 5 heteroatoms. The maximum atomic E-state index is 8.97. The molecular weight excluding hydrogens is 304 g/mol. The van der Waals surface area contributed by atoms with E-state index in [4.69, 9.17) is 15.2 Å². The van der Waals surface area contributed by atoms with E-state index in [-0.39, 0.29) is 0 Å². The minimum atomic E-state index is 0.546. The number of fused-ring (bicyclic) bond motifs is 3. The van der Waals surface area contributed by atoms with Gasteiger partial charge in [0.25, 0.3) is 0 Å². The first kappa shape index (κ1) is 14.9. The van der Waals surface area contributed by atoms with Crippen LogP contribution in [0.25, 0.3) is 10.2 Å². The highest BCUT2D eigenvalue weighted by atomic mass is 32.1. The van der Waals surface area contributed by atoms with Crippen LogP contribution in [0.2, 0.25) is 0 Å². The van der Waals surface area contributed by atoms with Crippen molar-refractivity contribution in [1.29, 1.82) is 5.26 Å². The highest BCUT2D eigenvalue weighted by Crippen LogP contribution is 2.44. The summed E-state index contributed by atoms with van der Waals surface area (Å²) in [5, 5.41) is 10.3. The Bertz CT molecular complexity index is 769. The van der Waals surface area contributed by atoms with Crippen LogP contribution in [0.15, 0.2) is 0 Å². The normalized spacial score (nSPS) is 17.0. The molecule has 1 fully saturated rings. The van der Waals surface area contributed by atoms with Gasteiger partial charge in [0.05, 0.1) is 17.9 Å². The second-order valence-corrected chi connectivity index (χ2v) is 7.64. The highest BCUT2D eigenvalue weighted by molar-refractivity contribution is 7.19. The number of rotatable bonds is 5. The summed E-state index contributed by atoms with van der Waals surface area (Å²) in [6.45, 7) is 3.80. The van der Waals surface area contributed by atoms with Crippen molar-refractivity contribution in [2.45, 2.75) is 57.8 Å². The summed E-state index contributed by atoms with van der Waals surface area (Å²) in [5.74, 6) is 2.68. The van der Waals surface area contributed by atoms with Crippen molar-refractivity contribution < 1.29 is 0 Å². The number of anilines is 1. The van der Waals surface area contributed by atoms with Crippen LogP contribution in [-0.4, -0.2) is 23.1 Å². The van der Waals surface area contributed by atoms with Crippen LogP contribution >= 0.6 is 11.3 Å². The van der Waals surface area contributed by atoms with E-state index in [1.54, 1.807) is 0 Å². The quantitative estimate of drug-likeness (QED) is 0.827. The first-order chi connectivity index (χ1) is 11.3. The molecule has 2 aromatic rings. The van der Waals surface area contributed by atoms with Crippen molar-refractivity contribution in [3.05, 3.63) is 16.3 Å². The lowest BCUT2D eigenvalue weighted by Gasteiger charge is -2.23. The van der Waals surface area contributed by atoms with Gasteiger partial charge in [-0.3, -0.25) is 0 Å². The molecule has 4 nitrogen and oxygen atoms in total. The van der Waals surface area contributed by atoms with Crippen LogP contribution in [0.3, 0.4) is 0 Å². The number of nitriles is 1. The molecule has 2 heterocycles. The Hall–Kier alpha value is -1.67. The van der Waals surface area contributed by atoms with Gasteiger partial charge >= 0.3 is 0 Å². The fraction of sp³-hybridized carbons (Fsp3) is 0.611. The van der Waals surface area contributed by atoms with Crippen LogP contribution < -0.4 is 4.90 Å². The van der Waals surface area contributed by atoms with E-state index >= 15 is 0 Å². The van der Waals surface area contributed by atoms with Gasteiger partial charge in [-0.25, -0.2) is 9.97 Å². The summed E-state index contributed by atoms with van der Waals surface area (Å²) < 4.78 is 0. The fourth-order valence-corrected chi connectivity index (χ4v) is 4.77. The van der Waals surface area contributed by atoms with Crippen molar-refractivity contribution in [2.75, 3.05) is 18.0 Å². The maximum Gasteiger partial charge on any atom is 0.141 e. The predicted molar refractivity (Wildman–Crippen MR) is 94.1 cm³/mol. The Morgan fingerprint density at radius 2 is 2.09 bits per heavy atom. The first-order valence-electron chi connectivity index (χ1n) is 8.76. The number of hydrogen-bond acceptors (Lipinski definition) is 5. The van der Waals surface area contributed by atoms with Gasteiger partial charge in [-0.15, -0.1) is 11.3 Å². The zero-order valence-corrected chi connectivity index (χ0v) is 14.5. The Morgan fingerprint density at radius 3 is 2.83 bits per heavy atom. The molecule has 4 rings (SSSR count). The maximum absolute atomic E-state index is 8.97. The van der Waals surface area contributed by atoms with Crippen LogP contribution in [-0.2, 0) is 12.8 Å². The van der Waals surface area contributed by atoms with Gasteiger partial charge < -0.3 is 4.90 Å². The molecular formula is C18H22N4S. The van der Waals surface area contributed by atoms with Crippen LogP contribution in [0.1, 0.15) is 61.2 Å². The van der Waals surface area contributed by atoms with E-state index < -0.39 is 0 Å². The molecule has 0 bridgehead atoms. The number of thiophene rings is 1. The summed E-state index contributed by atoms with van der Waals surface area (Å²) >= 11 is 1.88. The Kier molecular flexibility index (Phi) is 3.94. The molecule has 0 atom stereocenters. The molecule has 2 aromatic heterocycles. The van der Waals surface area contributed by atoms with Gasteiger partial charge in [-0.1, -0.05) is 0 Å². The Morgan fingerprint density at radius 1 is 1.26 bits per heavy atom. The van der Waals surface area contributed by atoms with Gasteiger partial charge in [0.1, 0.15) is 16.5 Å². The van der Waals surface area contributed by atoms with Crippen molar-refractivity contribution in [3.8, 4) is 6.07 Å². The van der Waals surface area contributed by atoms with Gasteiger partial charge in [-0.05, 0) is 51.0 Å². The van der Waals surface area contributed by atoms with E-state index in [9.17, 15) is 0 Å². The fourth-order valence-electron chi connectivity index (χ4n) is 3.51. The lowest BCUT2D eigenvalue weighted by Crippen LogP contribution is -2.25. The van der Waals surface area contributed by atoms with Crippen molar-refractivity contribution in [2.24, 2.45) is 0 Å². The van der Waals surface area contributed by atoms with Crippen LogP contribution in [0, 0.1) is 11.3 Å². The molecule has 23 heavy (non-hydrogen) atoms. The topological polar surface area (TPSA) is 52.8 Å². The van der Waals surface area contributed by atoms with E-state index in [0.717, 1.165) is 31.2 Å². The number of aryl methyl sites for hydroxylation is 2. The third-order valence-corrected chi connectivity index (χ3v) is 6.12. The van der Waals surface area contributed by atoms with Gasteiger partial charge in [0, 0.05) is 23.9 Å². The molecule has 0 spiro atoms. The molecule has 2 aliphatic rings. The minimum absolute atomic E-state index is 0.546. The number of hydrogen-bond donors (Lipinski definition) is 0. The SMILES string of the molecule is CCN(CCC#N)c1nc(C2CC2)nc2sc3c(c12)CCCC3. The molecule has 0 amide bonds. The van der Waals surface area contributed by atoms with Gasteiger partial charge in [0.2, 0.25) is 0 Å². The molecule has 0 N–H and O–H groups in total. The van der Waals surface area contributed by atoms with Crippen LogP contribution in [0.4, 0.5) is 5.82 Å². The second-order valence-electron chi connectivity index (χ2n) is 6.56.